The first-order chi connectivity index (χ1) is 13.1. The first-order valence-electron chi connectivity index (χ1n) is 9.75. The van der Waals surface area contributed by atoms with Gasteiger partial charge in [-0.3, -0.25) is 4.79 Å². The van der Waals surface area contributed by atoms with Crippen LogP contribution in [0.5, 0.6) is 0 Å². The second kappa shape index (κ2) is 9.44. The lowest BCUT2D eigenvalue weighted by Crippen LogP contribution is -2.27. The Morgan fingerprint density at radius 3 is 2.63 bits per heavy atom. The molecule has 2 aromatic rings. The van der Waals surface area contributed by atoms with Crippen molar-refractivity contribution >= 4 is 11.7 Å². The van der Waals surface area contributed by atoms with Crippen LogP contribution in [0.25, 0.3) is 0 Å². The van der Waals surface area contributed by atoms with Crippen molar-refractivity contribution in [3.05, 3.63) is 53.2 Å². The van der Waals surface area contributed by atoms with Crippen molar-refractivity contribution in [3.63, 3.8) is 0 Å². The molecule has 144 valence electrons. The number of benzene rings is 1. The van der Waals surface area contributed by atoms with E-state index in [1.807, 2.05) is 0 Å². The molecule has 1 aliphatic rings. The summed E-state index contributed by atoms with van der Waals surface area (Å²) in [5.41, 5.74) is 0.930. The maximum Gasteiger partial charge on any atom is 0.270 e. The molecule has 0 radical (unpaired) electrons. The van der Waals surface area contributed by atoms with Gasteiger partial charge < -0.3 is 10.6 Å². The molecule has 1 amide bonds. The monoisotopic (exact) mass is 370 g/mol. The Kier molecular flexibility index (Phi) is 6.74. The van der Waals surface area contributed by atoms with E-state index < -0.39 is 0 Å². The first-order valence-corrected chi connectivity index (χ1v) is 9.75. The molecule has 0 unspecified atom stereocenters. The SMILES string of the molecule is Cc1nc(NC2CCCCCC2)cc(C(=O)NCCc2ccccc2F)n1. The van der Waals surface area contributed by atoms with E-state index in [0.29, 0.717) is 41.9 Å². The molecule has 0 atom stereocenters. The largest absolute Gasteiger partial charge is 0.367 e. The summed E-state index contributed by atoms with van der Waals surface area (Å²) in [5, 5.41) is 6.28. The summed E-state index contributed by atoms with van der Waals surface area (Å²) in [4.78, 5) is 21.1. The number of carbonyl (C=O) groups is 1. The zero-order valence-electron chi connectivity index (χ0n) is 15.8. The van der Waals surface area contributed by atoms with Gasteiger partial charge in [-0.15, -0.1) is 0 Å². The third kappa shape index (κ3) is 5.74. The van der Waals surface area contributed by atoms with Crippen LogP contribution in [0.4, 0.5) is 10.2 Å². The van der Waals surface area contributed by atoms with Gasteiger partial charge in [0.1, 0.15) is 23.2 Å². The van der Waals surface area contributed by atoms with Gasteiger partial charge in [-0.25, -0.2) is 14.4 Å². The van der Waals surface area contributed by atoms with E-state index in [-0.39, 0.29) is 11.7 Å². The summed E-state index contributed by atoms with van der Waals surface area (Å²) in [6.45, 7) is 2.14. The molecule has 1 aromatic carbocycles. The van der Waals surface area contributed by atoms with Crippen molar-refractivity contribution in [2.75, 3.05) is 11.9 Å². The molecule has 0 saturated heterocycles. The van der Waals surface area contributed by atoms with Crippen molar-refractivity contribution in [3.8, 4) is 0 Å². The molecule has 27 heavy (non-hydrogen) atoms. The van der Waals surface area contributed by atoms with E-state index in [1.165, 1.54) is 31.7 Å². The minimum atomic E-state index is -0.263. The van der Waals surface area contributed by atoms with Crippen LogP contribution in [0, 0.1) is 12.7 Å². The fraction of sp³-hybridized carbons (Fsp3) is 0.476. The highest BCUT2D eigenvalue weighted by molar-refractivity contribution is 5.92. The fourth-order valence-corrected chi connectivity index (χ4v) is 3.49. The van der Waals surface area contributed by atoms with Crippen LogP contribution in [0.2, 0.25) is 0 Å². The Labute approximate surface area is 159 Å². The summed E-state index contributed by atoms with van der Waals surface area (Å²) in [6, 6.07) is 8.71. The average molecular weight is 370 g/mol. The van der Waals surface area contributed by atoms with E-state index in [4.69, 9.17) is 0 Å². The zero-order chi connectivity index (χ0) is 19.1. The van der Waals surface area contributed by atoms with Gasteiger partial charge in [0.15, 0.2) is 0 Å². The minimum absolute atomic E-state index is 0.250. The predicted octanol–water partition coefficient (Wildman–Crippen LogP) is 4.03. The second-order valence-electron chi connectivity index (χ2n) is 7.12. The predicted molar refractivity (Wildman–Crippen MR) is 104 cm³/mol. The van der Waals surface area contributed by atoms with Crippen LogP contribution in [0.1, 0.15) is 60.4 Å². The van der Waals surface area contributed by atoms with E-state index >= 15 is 0 Å². The molecule has 5 nitrogen and oxygen atoms in total. The summed E-state index contributed by atoms with van der Waals surface area (Å²) in [7, 11) is 0. The molecule has 0 aliphatic heterocycles. The highest BCUT2D eigenvalue weighted by Crippen LogP contribution is 2.20. The van der Waals surface area contributed by atoms with Crippen LogP contribution in [0.3, 0.4) is 0 Å². The van der Waals surface area contributed by atoms with Gasteiger partial charge in [0.05, 0.1) is 0 Å². The van der Waals surface area contributed by atoms with Crippen LogP contribution in [-0.2, 0) is 6.42 Å². The molecule has 3 rings (SSSR count). The van der Waals surface area contributed by atoms with Crippen LogP contribution < -0.4 is 10.6 Å². The molecule has 1 heterocycles. The van der Waals surface area contributed by atoms with Crippen molar-refractivity contribution in [1.29, 1.82) is 0 Å². The number of nitrogens with zero attached hydrogens (tertiary/aromatic N) is 2. The molecule has 6 heteroatoms. The molecular formula is C21H27FN4O. The lowest BCUT2D eigenvalue weighted by atomic mass is 10.1. The van der Waals surface area contributed by atoms with Gasteiger partial charge in [-0.2, -0.15) is 0 Å². The fourth-order valence-electron chi connectivity index (χ4n) is 3.49. The molecule has 1 saturated carbocycles. The Hall–Kier alpha value is -2.50. The lowest BCUT2D eigenvalue weighted by molar-refractivity contribution is 0.0948. The maximum absolute atomic E-state index is 13.7. The highest BCUT2D eigenvalue weighted by Gasteiger charge is 2.15. The van der Waals surface area contributed by atoms with E-state index in [1.54, 1.807) is 31.2 Å². The minimum Gasteiger partial charge on any atom is -0.367 e. The maximum atomic E-state index is 13.7. The summed E-state index contributed by atoms with van der Waals surface area (Å²) < 4.78 is 13.7. The van der Waals surface area contributed by atoms with Crippen molar-refractivity contribution in [2.45, 2.75) is 57.9 Å². The quantitative estimate of drug-likeness (QED) is 0.754. The van der Waals surface area contributed by atoms with E-state index in [0.717, 1.165) is 12.8 Å². The van der Waals surface area contributed by atoms with Gasteiger partial charge in [0.25, 0.3) is 5.91 Å². The van der Waals surface area contributed by atoms with Gasteiger partial charge >= 0.3 is 0 Å². The number of hydrogen-bond donors (Lipinski definition) is 2. The molecular weight excluding hydrogens is 343 g/mol. The number of aromatic nitrogens is 2. The zero-order valence-corrected chi connectivity index (χ0v) is 15.8. The number of halogens is 1. The third-order valence-electron chi connectivity index (χ3n) is 4.92. The molecule has 0 spiro atoms. The van der Waals surface area contributed by atoms with Crippen LogP contribution >= 0.6 is 0 Å². The van der Waals surface area contributed by atoms with Crippen molar-refractivity contribution in [2.24, 2.45) is 0 Å². The summed E-state index contributed by atoms with van der Waals surface area (Å²) in [5.74, 6) is 0.752. The van der Waals surface area contributed by atoms with Crippen molar-refractivity contribution < 1.29 is 9.18 Å². The van der Waals surface area contributed by atoms with Gasteiger partial charge in [0, 0.05) is 18.7 Å². The number of rotatable bonds is 6. The summed E-state index contributed by atoms with van der Waals surface area (Å²) in [6.07, 6.45) is 7.74. The Balaban J connectivity index is 1.59. The number of hydrogen-bond acceptors (Lipinski definition) is 4. The second-order valence-corrected chi connectivity index (χ2v) is 7.12. The number of nitrogens with one attached hydrogen (secondary N) is 2. The molecule has 1 aromatic heterocycles. The standard InChI is InChI=1S/C21H27FN4O/c1-15-24-19(14-20(25-15)26-17-9-4-2-3-5-10-17)21(27)23-13-12-16-8-6-7-11-18(16)22/h6-8,11,14,17H,2-5,9-10,12-13H2,1H3,(H,23,27)(H,24,25,26). The number of carbonyl (C=O) groups excluding carboxylic acids is 1. The topological polar surface area (TPSA) is 66.9 Å². The van der Waals surface area contributed by atoms with Gasteiger partial charge in [0.2, 0.25) is 0 Å². The number of aryl methyl sites for hydroxylation is 1. The van der Waals surface area contributed by atoms with Crippen LogP contribution in [-0.4, -0.2) is 28.5 Å². The third-order valence-corrected chi connectivity index (χ3v) is 4.92. The van der Waals surface area contributed by atoms with Gasteiger partial charge in [-0.05, 0) is 37.8 Å². The Bertz CT molecular complexity index is 773. The highest BCUT2D eigenvalue weighted by atomic mass is 19.1. The van der Waals surface area contributed by atoms with E-state index in [9.17, 15) is 9.18 Å². The number of amides is 1. The lowest BCUT2D eigenvalue weighted by Gasteiger charge is -2.17. The molecule has 2 N–H and O–H groups in total. The van der Waals surface area contributed by atoms with Gasteiger partial charge in [-0.1, -0.05) is 43.9 Å². The normalized spacial score (nSPS) is 15.2. The number of anilines is 1. The summed E-state index contributed by atoms with van der Waals surface area (Å²) >= 11 is 0. The molecule has 1 fully saturated rings. The molecule has 0 bridgehead atoms. The first kappa shape index (κ1) is 19.3. The Morgan fingerprint density at radius 2 is 1.89 bits per heavy atom. The van der Waals surface area contributed by atoms with Crippen molar-refractivity contribution in [1.82, 2.24) is 15.3 Å². The average Bonchev–Trinajstić information content (AvgIpc) is 2.91. The van der Waals surface area contributed by atoms with E-state index in [2.05, 4.69) is 20.6 Å². The smallest absolute Gasteiger partial charge is 0.270 e. The molecule has 1 aliphatic carbocycles. The Morgan fingerprint density at radius 1 is 1.15 bits per heavy atom. The van der Waals surface area contributed by atoms with Crippen LogP contribution in [0.15, 0.2) is 30.3 Å².